The Kier molecular flexibility index (Phi) is 2.17. The Hall–Kier alpha value is -1.64. The van der Waals surface area contributed by atoms with Crippen molar-refractivity contribution >= 4 is 0 Å². The SMILES string of the molecule is OC1Cc2ccccc2C12c1ccccc1CC2O. The molecule has 1 spiro atoms. The van der Waals surface area contributed by atoms with Crippen LogP contribution in [-0.2, 0) is 18.3 Å². The minimum absolute atomic E-state index is 0.538. The van der Waals surface area contributed by atoms with Crippen molar-refractivity contribution in [1.29, 1.82) is 0 Å². The van der Waals surface area contributed by atoms with Crippen LogP contribution in [0.1, 0.15) is 22.3 Å². The lowest BCUT2D eigenvalue weighted by molar-refractivity contribution is 0.0288. The quantitative estimate of drug-likeness (QED) is 0.750. The number of hydrogen-bond acceptors (Lipinski definition) is 2. The van der Waals surface area contributed by atoms with E-state index >= 15 is 0 Å². The smallest absolute Gasteiger partial charge is 0.0743 e. The molecule has 2 nitrogen and oxygen atoms in total. The van der Waals surface area contributed by atoms with E-state index in [-0.39, 0.29) is 0 Å². The number of rotatable bonds is 0. The third kappa shape index (κ3) is 1.23. The minimum atomic E-state index is -0.618. The van der Waals surface area contributed by atoms with Gasteiger partial charge in [0.05, 0.1) is 17.6 Å². The summed E-state index contributed by atoms with van der Waals surface area (Å²) in [4.78, 5) is 0. The molecule has 0 bridgehead atoms. The maximum atomic E-state index is 10.7. The molecule has 0 amide bonds. The van der Waals surface area contributed by atoms with E-state index in [0.29, 0.717) is 12.8 Å². The van der Waals surface area contributed by atoms with Crippen LogP contribution in [0.25, 0.3) is 0 Å². The topological polar surface area (TPSA) is 40.5 Å². The molecule has 2 heteroatoms. The number of benzene rings is 2. The summed E-state index contributed by atoms with van der Waals surface area (Å²) >= 11 is 0. The number of fused-ring (bicyclic) bond motifs is 4. The van der Waals surface area contributed by atoms with E-state index < -0.39 is 17.6 Å². The van der Waals surface area contributed by atoms with Crippen molar-refractivity contribution in [1.82, 2.24) is 0 Å². The second-order valence-corrected chi connectivity index (χ2v) is 5.62. The average molecular weight is 252 g/mol. The molecule has 0 radical (unpaired) electrons. The molecule has 0 saturated carbocycles. The van der Waals surface area contributed by atoms with Gasteiger partial charge in [-0.05, 0) is 35.1 Å². The average Bonchev–Trinajstić information content (AvgIpc) is 2.88. The molecule has 0 fully saturated rings. The van der Waals surface area contributed by atoms with Crippen LogP contribution < -0.4 is 0 Å². The lowest BCUT2D eigenvalue weighted by atomic mass is 9.73. The molecule has 2 aliphatic rings. The lowest BCUT2D eigenvalue weighted by Crippen LogP contribution is -2.44. The van der Waals surface area contributed by atoms with Gasteiger partial charge in [-0.2, -0.15) is 0 Å². The predicted molar refractivity (Wildman–Crippen MR) is 73.1 cm³/mol. The fourth-order valence-corrected chi connectivity index (χ4v) is 4.03. The Labute approximate surface area is 112 Å². The second-order valence-electron chi connectivity index (χ2n) is 5.62. The molecule has 0 aromatic heterocycles. The van der Waals surface area contributed by atoms with Crippen LogP contribution in [0.5, 0.6) is 0 Å². The first-order valence-electron chi connectivity index (χ1n) is 6.77. The van der Waals surface area contributed by atoms with E-state index in [4.69, 9.17) is 0 Å². The van der Waals surface area contributed by atoms with Crippen LogP contribution in [0.2, 0.25) is 0 Å². The zero-order chi connectivity index (χ0) is 13.0. The molecule has 0 aliphatic heterocycles. The fraction of sp³-hybridized carbons (Fsp3) is 0.294. The molecular formula is C17H16O2. The summed E-state index contributed by atoms with van der Waals surface area (Å²) in [5.74, 6) is 0. The van der Waals surface area contributed by atoms with Crippen molar-refractivity contribution < 1.29 is 10.2 Å². The molecule has 0 heterocycles. The van der Waals surface area contributed by atoms with E-state index in [1.54, 1.807) is 0 Å². The van der Waals surface area contributed by atoms with Crippen molar-refractivity contribution in [2.45, 2.75) is 30.5 Å². The van der Waals surface area contributed by atoms with Gasteiger partial charge in [-0.15, -0.1) is 0 Å². The number of aliphatic hydroxyl groups is 2. The van der Waals surface area contributed by atoms with Crippen LogP contribution in [0.15, 0.2) is 48.5 Å². The van der Waals surface area contributed by atoms with Gasteiger partial charge in [-0.1, -0.05) is 48.5 Å². The van der Waals surface area contributed by atoms with Crippen molar-refractivity contribution in [2.24, 2.45) is 0 Å². The summed E-state index contributed by atoms with van der Waals surface area (Å²) in [6.45, 7) is 0. The standard InChI is InChI=1S/C17H16O2/c18-15-9-11-5-1-3-7-13(11)17(15)14-8-4-2-6-12(14)10-16(17)19/h1-8,15-16,18-19H,9-10H2. The van der Waals surface area contributed by atoms with Gasteiger partial charge in [0, 0.05) is 0 Å². The van der Waals surface area contributed by atoms with Gasteiger partial charge in [-0.3, -0.25) is 0 Å². The van der Waals surface area contributed by atoms with E-state index in [1.807, 2.05) is 24.3 Å². The van der Waals surface area contributed by atoms with Gasteiger partial charge in [0.15, 0.2) is 0 Å². The Bertz CT molecular complexity index is 590. The first-order chi connectivity index (χ1) is 9.24. The zero-order valence-corrected chi connectivity index (χ0v) is 10.6. The first kappa shape index (κ1) is 11.2. The molecule has 19 heavy (non-hydrogen) atoms. The Balaban J connectivity index is 2.04. The zero-order valence-electron chi connectivity index (χ0n) is 10.6. The van der Waals surface area contributed by atoms with Crippen LogP contribution in [0, 0.1) is 0 Å². The van der Waals surface area contributed by atoms with E-state index in [0.717, 1.165) is 22.3 Å². The minimum Gasteiger partial charge on any atom is -0.391 e. The summed E-state index contributed by atoms with van der Waals surface area (Å²) in [7, 11) is 0. The Morgan fingerprint density at radius 2 is 1.16 bits per heavy atom. The fourth-order valence-electron chi connectivity index (χ4n) is 4.03. The van der Waals surface area contributed by atoms with Gasteiger partial charge in [0.25, 0.3) is 0 Å². The van der Waals surface area contributed by atoms with E-state index in [1.165, 1.54) is 0 Å². The lowest BCUT2D eigenvalue weighted by Gasteiger charge is -2.34. The third-order valence-corrected chi connectivity index (χ3v) is 4.80. The largest absolute Gasteiger partial charge is 0.391 e. The molecular weight excluding hydrogens is 236 g/mol. The van der Waals surface area contributed by atoms with Crippen LogP contribution in [-0.4, -0.2) is 22.4 Å². The molecule has 2 aromatic rings. The highest BCUT2D eigenvalue weighted by Gasteiger charge is 2.56. The number of aliphatic hydroxyl groups excluding tert-OH is 2. The Morgan fingerprint density at radius 1 is 0.737 bits per heavy atom. The van der Waals surface area contributed by atoms with Gasteiger partial charge >= 0.3 is 0 Å². The summed E-state index contributed by atoms with van der Waals surface area (Å²) in [6.07, 6.45) is 0.176. The molecule has 0 saturated heterocycles. The molecule has 2 atom stereocenters. The monoisotopic (exact) mass is 252 g/mol. The van der Waals surface area contributed by atoms with Gasteiger partial charge in [0.2, 0.25) is 0 Å². The normalized spacial score (nSPS) is 31.5. The summed E-state index contributed by atoms with van der Waals surface area (Å²) in [5.41, 5.74) is 3.89. The molecule has 2 unspecified atom stereocenters. The van der Waals surface area contributed by atoms with Gasteiger partial charge in [-0.25, -0.2) is 0 Å². The van der Waals surface area contributed by atoms with E-state index in [9.17, 15) is 10.2 Å². The first-order valence-corrected chi connectivity index (χ1v) is 6.77. The van der Waals surface area contributed by atoms with Gasteiger partial charge in [0.1, 0.15) is 0 Å². The molecule has 96 valence electrons. The van der Waals surface area contributed by atoms with Crippen molar-refractivity contribution in [3.8, 4) is 0 Å². The van der Waals surface area contributed by atoms with Crippen LogP contribution in [0.4, 0.5) is 0 Å². The summed E-state index contributed by atoms with van der Waals surface area (Å²) in [6, 6.07) is 16.2. The highest BCUT2D eigenvalue weighted by Crippen LogP contribution is 2.52. The predicted octanol–water partition coefficient (Wildman–Crippen LogP) is 1.81. The Morgan fingerprint density at radius 3 is 1.63 bits per heavy atom. The van der Waals surface area contributed by atoms with E-state index in [2.05, 4.69) is 24.3 Å². The number of hydrogen-bond donors (Lipinski definition) is 2. The molecule has 4 rings (SSSR count). The molecule has 2 N–H and O–H groups in total. The second kappa shape index (κ2) is 3.69. The summed E-state index contributed by atoms with van der Waals surface area (Å²) in [5, 5.41) is 21.3. The highest BCUT2D eigenvalue weighted by molar-refractivity contribution is 5.57. The van der Waals surface area contributed by atoms with Gasteiger partial charge < -0.3 is 10.2 Å². The van der Waals surface area contributed by atoms with Crippen molar-refractivity contribution in [2.75, 3.05) is 0 Å². The van der Waals surface area contributed by atoms with Crippen LogP contribution >= 0.6 is 0 Å². The van der Waals surface area contributed by atoms with Crippen LogP contribution in [0.3, 0.4) is 0 Å². The highest BCUT2D eigenvalue weighted by atomic mass is 16.3. The molecule has 2 aliphatic carbocycles. The molecule has 2 aromatic carbocycles. The van der Waals surface area contributed by atoms with Crippen molar-refractivity contribution in [3.05, 3.63) is 70.8 Å². The maximum Gasteiger partial charge on any atom is 0.0743 e. The summed E-state index contributed by atoms with van der Waals surface area (Å²) < 4.78 is 0. The van der Waals surface area contributed by atoms with Crippen molar-refractivity contribution in [3.63, 3.8) is 0 Å². The third-order valence-electron chi connectivity index (χ3n) is 4.80. The maximum absolute atomic E-state index is 10.7.